The van der Waals surface area contributed by atoms with E-state index in [9.17, 15) is 0 Å². The third-order valence-corrected chi connectivity index (χ3v) is 4.18. The maximum Gasteiger partial charge on any atom is 0.170 e. The van der Waals surface area contributed by atoms with Gasteiger partial charge in [0.15, 0.2) is 5.11 Å². The lowest BCUT2D eigenvalue weighted by Crippen LogP contribution is -2.35. The van der Waals surface area contributed by atoms with Crippen LogP contribution in [0.25, 0.3) is 10.2 Å². The number of thiocarbonyl (C=S) groups is 1. The number of anilines is 1. The van der Waals surface area contributed by atoms with Crippen LogP contribution in [0.2, 0.25) is 0 Å². The third-order valence-electron chi connectivity index (χ3n) is 2.77. The molecule has 2 aromatic rings. The van der Waals surface area contributed by atoms with E-state index in [0.717, 1.165) is 24.2 Å². The first kappa shape index (κ1) is 15.2. The molecule has 3 nitrogen and oxygen atoms in total. The Morgan fingerprint density at radius 3 is 2.75 bits per heavy atom. The highest BCUT2D eigenvalue weighted by Gasteiger charge is 2.10. The molecule has 0 spiro atoms. The Kier molecular flexibility index (Phi) is 4.60. The zero-order valence-electron chi connectivity index (χ0n) is 12.4. The van der Waals surface area contributed by atoms with Gasteiger partial charge in [-0.05, 0) is 42.3 Å². The highest BCUT2D eigenvalue weighted by molar-refractivity contribution is 7.80. The predicted molar refractivity (Wildman–Crippen MR) is 92.7 cm³/mol. The van der Waals surface area contributed by atoms with Crippen LogP contribution in [0.15, 0.2) is 18.2 Å². The molecular formula is C15H21N3S2. The number of thiazole rings is 1. The minimum Gasteiger partial charge on any atom is -0.362 e. The van der Waals surface area contributed by atoms with Crippen molar-refractivity contribution < 1.29 is 0 Å². The fourth-order valence-corrected chi connectivity index (χ4v) is 2.86. The Bertz CT molecular complexity index is 611. The topological polar surface area (TPSA) is 37.0 Å². The van der Waals surface area contributed by atoms with Gasteiger partial charge >= 0.3 is 0 Å². The van der Waals surface area contributed by atoms with Crippen LogP contribution in [0, 0.1) is 5.41 Å². The molecule has 1 aromatic heterocycles. The van der Waals surface area contributed by atoms with Crippen LogP contribution in [0.4, 0.5) is 5.69 Å². The molecule has 1 heterocycles. The van der Waals surface area contributed by atoms with Gasteiger partial charge in [0.2, 0.25) is 0 Å². The highest BCUT2D eigenvalue weighted by atomic mass is 32.1. The smallest absolute Gasteiger partial charge is 0.170 e. The van der Waals surface area contributed by atoms with Gasteiger partial charge in [-0.15, -0.1) is 11.3 Å². The lowest BCUT2D eigenvalue weighted by Gasteiger charge is -2.20. The molecule has 2 N–H and O–H groups in total. The molecule has 0 aliphatic carbocycles. The summed E-state index contributed by atoms with van der Waals surface area (Å²) in [6, 6.07) is 6.17. The van der Waals surface area contributed by atoms with E-state index in [2.05, 4.69) is 49.4 Å². The lowest BCUT2D eigenvalue weighted by atomic mass is 9.97. The van der Waals surface area contributed by atoms with Gasteiger partial charge in [0.05, 0.1) is 15.2 Å². The van der Waals surface area contributed by atoms with Crippen LogP contribution in [-0.2, 0) is 6.42 Å². The molecule has 108 valence electrons. The molecule has 0 atom stereocenters. The van der Waals surface area contributed by atoms with Crippen LogP contribution < -0.4 is 10.6 Å². The largest absolute Gasteiger partial charge is 0.362 e. The Labute approximate surface area is 129 Å². The highest BCUT2D eigenvalue weighted by Crippen LogP contribution is 2.25. The number of fused-ring (bicyclic) bond motifs is 1. The molecule has 0 fully saturated rings. The summed E-state index contributed by atoms with van der Waals surface area (Å²) in [5.74, 6) is 0. The maximum absolute atomic E-state index is 5.32. The second kappa shape index (κ2) is 6.06. The molecule has 1 aromatic carbocycles. The summed E-state index contributed by atoms with van der Waals surface area (Å²) in [4.78, 5) is 4.56. The zero-order valence-corrected chi connectivity index (χ0v) is 14.0. The quantitative estimate of drug-likeness (QED) is 0.834. The van der Waals surface area contributed by atoms with Crippen LogP contribution in [-0.4, -0.2) is 16.6 Å². The molecule has 0 bridgehead atoms. The number of aromatic nitrogens is 1. The Morgan fingerprint density at radius 1 is 1.35 bits per heavy atom. The summed E-state index contributed by atoms with van der Waals surface area (Å²) in [6.07, 6.45) is 0.980. The molecule has 2 rings (SSSR count). The summed E-state index contributed by atoms with van der Waals surface area (Å²) in [7, 11) is 0. The van der Waals surface area contributed by atoms with Gasteiger partial charge in [0, 0.05) is 12.2 Å². The Hall–Kier alpha value is -1.20. The van der Waals surface area contributed by atoms with Gasteiger partial charge in [-0.25, -0.2) is 4.98 Å². The van der Waals surface area contributed by atoms with Gasteiger partial charge in [-0.3, -0.25) is 0 Å². The first-order valence-corrected chi connectivity index (χ1v) is 8.04. The third kappa shape index (κ3) is 4.15. The minimum absolute atomic E-state index is 0.212. The van der Waals surface area contributed by atoms with Gasteiger partial charge in [0.1, 0.15) is 0 Å². The first-order chi connectivity index (χ1) is 9.37. The van der Waals surface area contributed by atoms with Crippen molar-refractivity contribution >= 4 is 44.6 Å². The second-order valence-electron chi connectivity index (χ2n) is 6.01. The first-order valence-electron chi connectivity index (χ1n) is 6.82. The Balaban J connectivity index is 2.04. The van der Waals surface area contributed by atoms with Crippen molar-refractivity contribution in [2.24, 2.45) is 5.41 Å². The Morgan fingerprint density at radius 2 is 2.10 bits per heavy atom. The van der Waals surface area contributed by atoms with E-state index in [0.29, 0.717) is 5.11 Å². The molecule has 0 saturated carbocycles. The zero-order chi connectivity index (χ0) is 14.8. The number of nitrogens with one attached hydrogen (secondary N) is 2. The standard InChI is InChI=1S/C15H21N3S2/c1-5-13-18-11-7-6-10(8-12(11)20-13)17-14(19)16-9-15(2,3)4/h6-8H,5,9H2,1-4H3,(H2,16,17,19). The average Bonchev–Trinajstić information content (AvgIpc) is 2.78. The molecule has 0 aliphatic heterocycles. The number of hydrogen-bond donors (Lipinski definition) is 2. The number of aryl methyl sites for hydroxylation is 1. The summed E-state index contributed by atoms with van der Waals surface area (Å²) in [5.41, 5.74) is 2.28. The van der Waals surface area contributed by atoms with Crippen LogP contribution >= 0.6 is 23.6 Å². The van der Waals surface area contributed by atoms with Crippen LogP contribution in [0.5, 0.6) is 0 Å². The van der Waals surface area contributed by atoms with E-state index in [1.807, 2.05) is 12.1 Å². The molecule has 20 heavy (non-hydrogen) atoms. The molecule has 0 aliphatic rings. The number of rotatable bonds is 3. The average molecular weight is 307 g/mol. The summed E-state index contributed by atoms with van der Waals surface area (Å²) in [5, 5.41) is 8.31. The normalized spacial score (nSPS) is 11.6. The van der Waals surface area contributed by atoms with Crippen molar-refractivity contribution in [3.63, 3.8) is 0 Å². The molecule has 0 saturated heterocycles. The van der Waals surface area contributed by atoms with Crippen molar-refractivity contribution in [1.82, 2.24) is 10.3 Å². The van der Waals surface area contributed by atoms with Crippen molar-refractivity contribution in [2.75, 3.05) is 11.9 Å². The van der Waals surface area contributed by atoms with E-state index in [1.54, 1.807) is 11.3 Å². The predicted octanol–water partition coefficient (Wildman–Crippen LogP) is 4.19. The van der Waals surface area contributed by atoms with Gasteiger partial charge < -0.3 is 10.6 Å². The summed E-state index contributed by atoms with van der Waals surface area (Å²) in [6.45, 7) is 9.51. The van der Waals surface area contributed by atoms with Crippen molar-refractivity contribution in [3.8, 4) is 0 Å². The van der Waals surface area contributed by atoms with Crippen molar-refractivity contribution in [1.29, 1.82) is 0 Å². The van der Waals surface area contributed by atoms with E-state index < -0.39 is 0 Å². The fraction of sp³-hybridized carbons (Fsp3) is 0.467. The van der Waals surface area contributed by atoms with E-state index in [-0.39, 0.29) is 5.41 Å². The van der Waals surface area contributed by atoms with E-state index in [1.165, 1.54) is 9.71 Å². The fourth-order valence-electron chi connectivity index (χ4n) is 1.72. The summed E-state index contributed by atoms with van der Waals surface area (Å²) >= 11 is 7.06. The molecule has 5 heteroatoms. The molecule has 0 amide bonds. The molecular weight excluding hydrogens is 286 g/mol. The van der Waals surface area contributed by atoms with E-state index in [4.69, 9.17) is 12.2 Å². The monoisotopic (exact) mass is 307 g/mol. The number of hydrogen-bond acceptors (Lipinski definition) is 3. The maximum atomic E-state index is 5.32. The van der Waals surface area contributed by atoms with Gasteiger partial charge in [-0.1, -0.05) is 27.7 Å². The van der Waals surface area contributed by atoms with Crippen molar-refractivity contribution in [3.05, 3.63) is 23.2 Å². The SMILES string of the molecule is CCc1nc2ccc(NC(=S)NCC(C)(C)C)cc2s1. The number of benzene rings is 1. The number of nitrogens with zero attached hydrogens (tertiary/aromatic N) is 1. The van der Waals surface area contributed by atoms with Gasteiger partial charge in [-0.2, -0.15) is 0 Å². The van der Waals surface area contributed by atoms with Crippen LogP contribution in [0.3, 0.4) is 0 Å². The van der Waals surface area contributed by atoms with Crippen molar-refractivity contribution in [2.45, 2.75) is 34.1 Å². The summed E-state index contributed by atoms with van der Waals surface area (Å²) < 4.78 is 1.20. The molecule has 0 radical (unpaired) electrons. The van der Waals surface area contributed by atoms with E-state index >= 15 is 0 Å². The minimum atomic E-state index is 0.212. The molecule has 0 unspecified atom stereocenters. The van der Waals surface area contributed by atoms with Gasteiger partial charge in [0.25, 0.3) is 0 Å². The second-order valence-corrected chi connectivity index (χ2v) is 7.54. The lowest BCUT2D eigenvalue weighted by molar-refractivity contribution is 0.409. The van der Waals surface area contributed by atoms with Crippen LogP contribution in [0.1, 0.15) is 32.7 Å².